The van der Waals surface area contributed by atoms with Gasteiger partial charge in [0, 0.05) is 0 Å². The van der Waals surface area contributed by atoms with Gasteiger partial charge in [0.25, 0.3) is 0 Å². The van der Waals surface area contributed by atoms with E-state index >= 15 is 0 Å². The SMILES string of the molecule is CC(C)C1(CCN)CCCCC1. The van der Waals surface area contributed by atoms with Crippen molar-refractivity contribution in [1.29, 1.82) is 0 Å². The molecule has 2 N–H and O–H groups in total. The van der Waals surface area contributed by atoms with E-state index in [0.717, 1.165) is 12.5 Å². The maximum Gasteiger partial charge on any atom is -0.00719 e. The molecule has 0 atom stereocenters. The van der Waals surface area contributed by atoms with Crippen LogP contribution in [0.3, 0.4) is 0 Å². The molecule has 0 amide bonds. The zero-order valence-electron chi connectivity index (χ0n) is 8.60. The Kier molecular flexibility index (Phi) is 3.57. The van der Waals surface area contributed by atoms with Crippen LogP contribution in [0.4, 0.5) is 0 Å². The van der Waals surface area contributed by atoms with Gasteiger partial charge in [0.05, 0.1) is 0 Å². The van der Waals surface area contributed by atoms with E-state index in [1.807, 2.05) is 0 Å². The van der Waals surface area contributed by atoms with Gasteiger partial charge in [-0.3, -0.25) is 0 Å². The molecule has 1 saturated carbocycles. The van der Waals surface area contributed by atoms with E-state index in [-0.39, 0.29) is 0 Å². The van der Waals surface area contributed by atoms with Crippen molar-refractivity contribution in [2.75, 3.05) is 6.54 Å². The fourth-order valence-corrected chi connectivity index (χ4v) is 2.66. The highest BCUT2D eigenvalue weighted by Crippen LogP contribution is 2.44. The van der Waals surface area contributed by atoms with E-state index < -0.39 is 0 Å². The number of hydrogen-bond acceptors (Lipinski definition) is 1. The lowest BCUT2D eigenvalue weighted by molar-refractivity contribution is 0.108. The predicted molar refractivity (Wildman–Crippen MR) is 54.0 cm³/mol. The summed E-state index contributed by atoms with van der Waals surface area (Å²) < 4.78 is 0. The molecule has 0 aromatic carbocycles. The molecule has 0 aromatic heterocycles. The lowest BCUT2D eigenvalue weighted by atomic mass is 9.65. The van der Waals surface area contributed by atoms with Crippen LogP contribution < -0.4 is 5.73 Å². The quantitative estimate of drug-likeness (QED) is 0.690. The largest absolute Gasteiger partial charge is 0.330 e. The molecule has 0 unspecified atom stereocenters. The lowest BCUT2D eigenvalue weighted by Crippen LogP contribution is -2.32. The average Bonchev–Trinajstić information content (AvgIpc) is 2.06. The average molecular weight is 169 g/mol. The normalized spacial score (nSPS) is 23.0. The van der Waals surface area contributed by atoms with E-state index in [4.69, 9.17) is 5.73 Å². The Bertz CT molecular complexity index is 117. The van der Waals surface area contributed by atoms with E-state index in [2.05, 4.69) is 13.8 Å². The Labute approximate surface area is 76.7 Å². The molecule has 1 nitrogen and oxygen atoms in total. The van der Waals surface area contributed by atoms with Gasteiger partial charge in [0.1, 0.15) is 0 Å². The molecule has 0 radical (unpaired) electrons. The van der Waals surface area contributed by atoms with Gasteiger partial charge in [-0.05, 0) is 37.1 Å². The van der Waals surface area contributed by atoms with Crippen molar-refractivity contribution < 1.29 is 0 Å². The van der Waals surface area contributed by atoms with Crippen molar-refractivity contribution in [3.8, 4) is 0 Å². The highest BCUT2D eigenvalue weighted by Gasteiger charge is 2.33. The van der Waals surface area contributed by atoms with Crippen molar-refractivity contribution in [2.45, 2.75) is 52.4 Å². The monoisotopic (exact) mass is 169 g/mol. The minimum atomic E-state index is 0.604. The molecule has 1 rings (SSSR count). The molecule has 0 bridgehead atoms. The molecule has 1 aliphatic rings. The minimum absolute atomic E-state index is 0.604. The summed E-state index contributed by atoms with van der Waals surface area (Å²) in [5.74, 6) is 0.821. The maximum atomic E-state index is 5.68. The van der Waals surface area contributed by atoms with Crippen LogP contribution in [-0.4, -0.2) is 6.54 Å². The van der Waals surface area contributed by atoms with Crippen LogP contribution in [-0.2, 0) is 0 Å². The summed E-state index contributed by atoms with van der Waals surface area (Å²) in [6.07, 6.45) is 8.38. The second-order valence-corrected chi connectivity index (χ2v) is 4.62. The standard InChI is InChI=1S/C11H23N/c1-10(2)11(8-9-12)6-4-3-5-7-11/h10H,3-9,12H2,1-2H3. The molecule has 0 heterocycles. The minimum Gasteiger partial charge on any atom is -0.330 e. The van der Waals surface area contributed by atoms with E-state index in [1.165, 1.54) is 38.5 Å². The van der Waals surface area contributed by atoms with Crippen molar-refractivity contribution in [2.24, 2.45) is 17.1 Å². The van der Waals surface area contributed by atoms with Crippen LogP contribution in [0.1, 0.15) is 52.4 Å². The van der Waals surface area contributed by atoms with E-state index in [1.54, 1.807) is 0 Å². The molecule has 1 aliphatic carbocycles. The van der Waals surface area contributed by atoms with Gasteiger partial charge in [-0.2, -0.15) is 0 Å². The summed E-state index contributed by atoms with van der Waals surface area (Å²) in [6.45, 7) is 5.60. The van der Waals surface area contributed by atoms with E-state index in [0.29, 0.717) is 5.41 Å². The molecule has 12 heavy (non-hydrogen) atoms. The first-order valence-electron chi connectivity index (χ1n) is 5.41. The second kappa shape index (κ2) is 4.27. The predicted octanol–water partition coefficient (Wildman–Crippen LogP) is 2.94. The third-order valence-corrected chi connectivity index (χ3v) is 3.72. The van der Waals surface area contributed by atoms with Crippen molar-refractivity contribution in [1.82, 2.24) is 0 Å². The van der Waals surface area contributed by atoms with Crippen LogP contribution in [0, 0.1) is 11.3 Å². The molecule has 0 aromatic rings. The van der Waals surface area contributed by atoms with Gasteiger partial charge in [0.15, 0.2) is 0 Å². The van der Waals surface area contributed by atoms with Crippen molar-refractivity contribution in [3.05, 3.63) is 0 Å². The molecular formula is C11H23N. The van der Waals surface area contributed by atoms with Gasteiger partial charge in [-0.25, -0.2) is 0 Å². The number of rotatable bonds is 3. The number of nitrogens with two attached hydrogens (primary N) is 1. The van der Waals surface area contributed by atoms with Gasteiger partial charge >= 0.3 is 0 Å². The fourth-order valence-electron chi connectivity index (χ4n) is 2.66. The zero-order valence-corrected chi connectivity index (χ0v) is 8.60. The third kappa shape index (κ3) is 2.01. The molecular weight excluding hydrogens is 146 g/mol. The number of hydrogen-bond donors (Lipinski definition) is 1. The smallest absolute Gasteiger partial charge is 0.00719 e. The summed E-state index contributed by atoms with van der Waals surface area (Å²) in [7, 11) is 0. The van der Waals surface area contributed by atoms with Crippen LogP contribution in [0.2, 0.25) is 0 Å². The molecule has 72 valence electrons. The van der Waals surface area contributed by atoms with Crippen molar-refractivity contribution >= 4 is 0 Å². The first kappa shape index (κ1) is 10.0. The van der Waals surface area contributed by atoms with E-state index in [9.17, 15) is 0 Å². The highest BCUT2D eigenvalue weighted by molar-refractivity contribution is 4.85. The Balaban J connectivity index is 2.56. The topological polar surface area (TPSA) is 26.0 Å². The van der Waals surface area contributed by atoms with Crippen molar-refractivity contribution in [3.63, 3.8) is 0 Å². The van der Waals surface area contributed by atoms with Gasteiger partial charge < -0.3 is 5.73 Å². The Morgan fingerprint density at radius 3 is 2.17 bits per heavy atom. The summed E-state index contributed by atoms with van der Waals surface area (Å²) in [5.41, 5.74) is 6.29. The maximum absolute atomic E-state index is 5.68. The summed E-state index contributed by atoms with van der Waals surface area (Å²) in [5, 5.41) is 0. The van der Waals surface area contributed by atoms with Crippen LogP contribution >= 0.6 is 0 Å². The van der Waals surface area contributed by atoms with Crippen LogP contribution in [0.15, 0.2) is 0 Å². The van der Waals surface area contributed by atoms with Gasteiger partial charge in [-0.1, -0.05) is 33.1 Å². The summed E-state index contributed by atoms with van der Waals surface area (Å²) in [6, 6.07) is 0. The van der Waals surface area contributed by atoms with Gasteiger partial charge in [0.2, 0.25) is 0 Å². The highest BCUT2D eigenvalue weighted by atomic mass is 14.6. The lowest BCUT2D eigenvalue weighted by Gasteiger charge is -2.41. The van der Waals surface area contributed by atoms with Gasteiger partial charge in [-0.15, -0.1) is 0 Å². The molecule has 1 fully saturated rings. The van der Waals surface area contributed by atoms with Crippen LogP contribution in [0.25, 0.3) is 0 Å². The Morgan fingerprint density at radius 2 is 1.75 bits per heavy atom. The first-order chi connectivity index (χ1) is 5.71. The van der Waals surface area contributed by atoms with Crippen LogP contribution in [0.5, 0.6) is 0 Å². The third-order valence-electron chi connectivity index (χ3n) is 3.72. The molecule has 1 heteroatoms. The molecule has 0 saturated heterocycles. The second-order valence-electron chi connectivity index (χ2n) is 4.62. The molecule has 0 aliphatic heterocycles. The fraction of sp³-hybridized carbons (Fsp3) is 1.00. The summed E-state index contributed by atoms with van der Waals surface area (Å²) >= 11 is 0. The Morgan fingerprint density at radius 1 is 1.17 bits per heavy atom. The Hall–Kier alpha value is -0.0400. The summed E-state index contributed by atoms with van der Waals surface area (Å²) in [4.78, 5) is 0. The zero-order chi connectivity index (χ0) is 9.03. The first-order valence-corrected chi connectivity index (χ1v) is 5.41. The molecule has 0 spiro atoms.